The van der Waals surface area contributed by atoms with Gasteiger partial charge in [0, 0.05) is 26.7 Å². The van der Waals surface area contributed by atoms with Crippen LogP contribution in [-0.4, -0.2) is 50.3 Å². The van der Waals surface area contributed by atoms with Crippen molar-refractivity contribution in [1.29, 1.82) is 0 Å². The molecule has 7 heteroatoms. The molecule has 16 heavy (non-hydrogen) atoms. The molecule has 1 rings (SSSR count). The van der Waals surface area contributed by atoms with Crippen LogP contribution in [0.4, 0.5) is 0 Å². The minimum atomic E-state index is -3.26. The zero-order valence-electron chi connectivity index (χ0n) is 9.92. The van der Waals surface area contributed by atoms with Crippen LogP contribution in [0.2, 0.25) is 0 Å². The fraction of sp³-hybridized carbons (Fsp3) is 1.00. The van der Waals surface area contributed by atoms with Gasteiger partial charge in [-0.15, -0.1) is 12.4 Å². The van der Waals surface area contributed by atoms with Crippen LogP contribution in [0.5, 0.6) is 0 Å². The van der Waals surface area contributed by atoms with Crippen molar-refractivity contribution in [1.82, 2.24) is 8.61 Å². The molecule has 1 fully saturated rings. The smallest absolute Gasteiger partial charge is 0.281 e. The fourth-order valence-corrected chi connectivity index (χ4v) is 3.34. The average Bonchev–Trinajstić information content (AvgIpc) is 2.18. The highest BCUT2D eigenvalue weighted by atomic mass is 35.5. The third-order valence-electron chi connectivity index (χ3n) is 2.83. The standard InChI is InChI=1S/C9H21N3O2S.ClH/c1-11(2)15(13,14)12-8-4-3-5-9(12)6-7-10;/h9H,3-8,10H2,1-2H3;1H. The van der Waals surface area contributed by atoms with Crippen molar-refractivity contribution in [3.8, 4) is 0 Å². The molecule has 5 nitrogen and oxygen atoms in total. The highest BCUT2D eigenvalue weighted by Crippen LogP contribution is 2.23. The van der Waals surface area contributed by atoms with Crippen LogP contribution in [0, 0.1) is 0 Å². The summed E-state index contributed by atoms with van der Waals surface area (Å²) in [6.45, 7) is 1.18. The molecule has 1 aliphatic heterocycles. The molecule has 1 saturated heterocycles. The van der Waals surface area contributed by atoms with Crippen LogP contribution < -0.4 is 5.73 Å². The minimum Gasteiger partial charge on any atom is -0.330 e. The van der Waals surface area contributed by atoms with Crippen molar-refractivity contribution in [2.75, 3.05) is 27.2 Å². The Balaban J connectivity index is 0.00000225. The largest absolute Gasteiger partial charge is 0.330 e. The van der Waals surface area contributed by atoms with E-state index < -0.39 is 10.2 Å². The molecule has 1 aliphatic rings. The Bertz CT molecular complexity index is 293. The van der Waals surface area contributed by atoms with E-state index in [1.54, 1.807) is 18.4 Å². The molecule has 0 aromatic carbocycles. The lowest BCUT2D eigenvalue weighted by molar-refractivity contribution is 0.231. The van der Waals surface area contributed by atoms with Gasteiger partial charge >= 0.3 is 0 Å². The van der Waals surface area contributed by atoms with Gasteiger partial charge in [-0.1, -0.05) is 6.42 Å². The third-order valence-corrected chi connectivity index (χ3v) is 4.83. The van der Waals surface area contributed by atoms with Gasteiger partial charge in [0.25, 0.3) is 10.2 Å². The van der Waals surface area contributed by atoms with Gasteiger partial charge in [-0.25, -0.2) is 0 Å². The Morgan fingerprint density at radius 3 is 2.50 bits per heavy atom. The summed E-state index contributed by atoms with van der Waals surface area (Å²) in [5.74, 6) is 0. The van der Waals surface area contributed by atoms with Crippen molar-refractivity contribution in [3.63, 3.8) is 0 Å². The third kappa shape index (κ3) is 3.56. The van der Waals surface area contributed by atoms with E-state index >= 15 is 0 Å². The Hall–Kier alpha value is 0.120. The van der Waals surface area contributed by atoms with Gasteiger partial charge in [-0.05, 0) is 25.8 Å². The van der Waals surface area contributed by atoms with Crippen molar-refractivity contribution in [3.05, 3.63) is 0 Å². The first kappa shape index (κ1) is 16.1. The van der Waals surface area contributed by atoms with E-state index in [1.807, 2.05) is 0 Å². The Morgan fingerprint density at radius 2 is 2.00 bits per heavy atom. The average molecular weight is 272 g/mol. The first-order chi connectivity index (χ1) is 7.00. The second-order valence-electron chi connectivity index (χ2n) is 4.13. The predicted molar refractivity (Wildman–Crippen MR) is 67.9 cm³/mol. The molecular weight excluding hydrogens is 250 g/mol. The van der Waals surface area contributed by atoms with Crippen LogP contribution >= 0.6 is 12.4 Å². The Labute approximate surface area is 105 Å². The van der Waals surface area contributed by atoms with Crippen molar-refractivity contribution in [2.24, 2.45) is 5.73 Å². The zero-order valence-corrected chi connectivity index (χ0v) is 11.6. The zero-order chi connectivity index (χ0) is 11.5. The molecule has 2 N–H and O–H groups in total. The van der Waals surface area contributed by atoms with E-state index in [-0.39, 0.29) is 18.4 Å². The van der Waals surface area contributed by atoms with Gasteiger partial charge in [0.15, 0.2) is 0 Å². The maximum absolute atomic E-state index is 12.0. The van der Waals surface area contributed by atoms with E-state index in [4.69, 9.17) is 5.73 Å². The van der Waals surface area contributed by atoms with Crippen LogP contribution in [0.25, 0.3) is 0 Å². The lowest BCUT2D eigenvalue weighted by Gasteiger charge is -2.36. The molecular formula is C9H22ClN3O2S. The number of halogens is 1. The van der Waals surface area contributed by atoms with Gasteiger partial charge in [0.05, 0.1) is 0 Å². The quantitative estimate of drug-likeness (QED) is 0.806. The topological polar surface area (TPSA) is 66.6 Å². The summed E-state index contributed by atoms with van der Waals surface area (Å²) in [6, 6.07) is 0.0937. The van der Waals surface area contributed by atoms with E-state index in [0.29, 0.717) is 13.1 Å². The molecule has 0 saturated carbocycles. The second kappa shape index (κ2) is 6.76. The maximum Gasteiger partial charge on any atom is 0.281 e. The number of hydrogen-bond acceptors (Lipinski definition) is 3. The molecule has 0 spiro atoms. The Morgan fingerprint density at radius 1 is 1.38 bits per heavy atom. The normalized spacial score (nSPS) is 23.1. The second-order valence-corrected chi connectivity index (χ2v) is 6.22. The summed E-state index contributed by atoms with van der Waals surface area (Å²) in [7, 11) is -0.114. The number of nitrogens with zero attached hydrogens (tertiary/aromatic N) is 2. The molecule has 1 unspecified atom stereocenters. The summed E-state index contributed by atoms with van der Waals surface area (Å²) in [6.07, 6.45) is 3.75. The van der Waals surface area contributed by atoms with Gasteiger partial charge in [-0.2, -0.15) is 17.0 Å². The lowest BCUT2D eigenvalue weighted by atomic mass is 10.0. The lowest BCUT2D eigenvalue weighted by Crippen LogP contribution is -2.49. The monoisotopic (exact) mass is 271 g/mol. The van der Waals surface area contributed by atoms with Gasteiger partial charge in [-0.3, -0.25) is 0 Å². The number of rotatable bonds is 4. The summed E-state index contributed by atoms with van der Waals surface area (Å²) < 4.78 is 26.8. The van der Waals surface area contributed by atoms with E-state index in [1.165, 1.54) is 4.31 Å². The van der Waals surface area contributed by atoms with Crippen LogP contribution in [0.3, 0.4) is 0 Å². The fourth-order valence-electron chi connectivity index (χ4n) is 1.97. The number of hydrogen-bond donors (Lipinski definition) is 1. The molecule has 0 aliphatic carbocycles. The van der Waals surface area contributed by atoms with E-state index in [2.05, 4.69) is 0 Å². The SMILES string of the molecule is CN(C)S(=O)(=O)N1CCCCC1CCN.Cl. The molecule has 0 aromatic heterocycles. The molecule has 0 radical (unpaired) electrons. The van der Waals surface area contributed by atoms with Crippen LogP contribution in [0.15, 0.2) is 0 Å². The van der Waals surface area contributed by atoms with Crippen molar-refractivity contribution < 1.29 is 8.42 Å². The summed E-state index contributed by atoms with van der Waals surface area (Å²) >= 11 is 0. The van der Waals surface area contributed by atoms with E-state index in [9.17, 15) is 8.42 Å². The maximum atomic E-state index is 12.0. The highest BCUT2D eigenvalue weighted by Gasteiger charge is 2.32. The molecule has 1 atom stereocenters. The molecule has 1 heterocycles. The first-order valence-electron chi connectivity index (χ1n) is 5.39. The molecule has 0 bridgehead atoms. The van der Waals surface area contributed by atoms with Gasteiger partial charge in [0.1, 0.15) is 0 Å². The first-order valence-corrected chi connectivity index (χ1v) is 6.79. The van der Waals surface area contributed by atoms with E-state index in [0.717, 1.165) is 25.7 Å². The summed E-state index contributed by atoms with van der Waals surface area (Å²) in [5.41, 5.74) is 5.51. The highest BCUT2D eigenvalue weighted by molar-refractivity contribution is 7.86. The molecule has 0 aromatic rings. The summed E-state index contributed by atoms with van der Waals surface area (Å²) in [5, 5.41) is 0. The predicted octanol–water partition coefficient (Wildman–Crippen LogP) is 0.418. The van der Waals surface area contributed by atoms with Gasteiger partial charge < -0.3 is 5.73 Å². The Kier molecular flexibility index (Phi) is 6.81. The van der Waals surface area contributed by atoms with Gasteiger partial charge in [0.2, 0.25) is 0 Å². The summed E-state index contributed by atoms with van der Waals surface area (Å²) in [4.78, 5) is 0. The van der Waals surface area contributed by atoms with Crippen LogP contribution in [0.1, 0.15) is 25.7 Å². The number of piperidine rings is 1. The minimum absolute atomic E-state index is 0. The molecule has 98 valence electrons. The van der Waals surface area contributed by atoms with Crippen molar-refractivity contribution >= 4 is 22.6 Å². The van der Waals surface area contributed by atoms with Crippen molar-refractivity contribution in [2.45, 2.75) is 31.7 Å². The number of nitrogens with two attached hydrogens (primary N) is 1. The van der Waals surface area contributed by atoms with Crippen LogP contribution in [-0.2, 0) is 10.2 Å². The molecule has 0 amide bonds.